The minimum atomic E-state index is 0.932. The van der Waals surface area contributed by atoms with E-state index in [1.54, 1.807) is 20.5 Å². The Morgan fingerprint density at radius 2 is 1.05 bits per heavy atom. The van der Waals surface area contributed by atoms with E-state index in [1.807, 2.05) is 0 Å². The van der Waals surface area contributed by atoms with Crippen molar-refractivity contribution in [1.82, 2.24) is 0 Å². The SMILES string of the molecule is CO/C=C/CCCCCCCCCCCCCCOC. The largest absolute Gasteiger partial charge is 0.505 e. The Labute approximate surface area is 126 Å². The Hall–Kier alpha value is -0.500. The molecule has 2 heteroatoms. The van der Waals surface area contributed by atoms with Crippen LogP contribution in [0, 0.1) is 0 Å². The fourth-order valence-electron chi connectivity index (χ4n) is 2.44. The van der Waals surface area contributed by atoms with E-state index >= 15 is 0 Å². The molecule has 0 aliphatic heterocycles. The molecule has 0 fully saturated rings. The molecule has 20 heavy (non-hydrogen) atoms. The Balaban J connectivity index is 2.94. The first-order valence-electron chi connectivity index (χ1n) is 8.58. The lowest BCUT2D eigenvalue weighted by Gasteiger charge is -2.02. The molecule has 2 nitrogen and oxygen atoms in total. The van der Waals surface area contributed by atoms with E-state index in [1.165, 1.54) is 77.0 Å². The number of allylic oxidation sites excluding steroid dienone is 1. The van der Waals surface area contributed by atoms with Crippen LogP contribution >= 0.6 is 0 Å². The predicted molar refractivity (Wildman–Crippen MR) is 88.0 cm³/mol. The third-order valence-corrected chi connectivity index (χ3v) is 3.70. The van der Waals surface area contributed by atoms with Gasteiger partial charge in [-0.15, -0.1) is 0 Å². The molecule has 0 aromatic rings. The van der Waals surface area contributed by atoms with Crippen LogP contribution in [0.4, 0.5) is 0 Å². The molecule has 120 valence electrons. The molecule has 0 heterocycles. The summed E-state index contributed by atoms with van der Waals surface area (Å²) in [4.78, 5) is 0. The molecule has 0 aromatic heterocycles. The monoisotopic (exact) mass is 284 g/mol. The number of methoxy groups -OCH3 is 2. The van der Waals surface area contributed by atoms with Crippen LogP contribution in [0.5, 0.6) is 0 Å². The van der Waals surface area contributed by atoms with Gasteiger partial charge < -0.3 is 9.47 Å². The highest BCUT2D eigenvalue weighted by atomic mass is 16.5. The molecule has 0 atom stereocenters. The van der Waals surface area contributed by atoms with E-state index in [2.05, 4.69) is 6.08 Å². The highest BCUT2D eigenvalue weighted by Crippen LogP contribution is 2.12. The van der Waals surface area contributed by atoms with Crippen LogP contribution < -0.4 is 0 Å². The molecular weight excluding hydrogens is 248 g/mol. The number of hydrogen-bond acceptors (Lipinski definition) is 2. The molecule has 0 saturated carbocycles. The second-order valence-electron chi connectivity index (χ2n) is 5.63. The zero-order chi connectivity index (χ0) is 14.7. The van der Waals surface area contributed by atoms with Crippen molar-refractivity contribution in [3.05, 3.63) is 12.3 Å². The fraction of sp³-hybridized carbons (Fsp3) is 0.889. The third kappa shape index (κ3) is 17.5. The van der Waals surface area contributed by atoms with Gasteiger partial charge in [0.05, 0.1) is 13.4 Å². The van der Waals surface area contributed by atoms with Gasteiger partial charge in [-0.2, -0.15) is 0 Å². The number of hydrogen-bond donors (Lipinski definition) is 0. The summed E-state index contributed by atoms with van der Waals surface area (Å²) in [5, 5.41) is 0. The van der Waals surface area contributed by atoms with Gasteiger partial charge in [0, 0.05) is 13.7 Å². The number of rotatable bonds is 16. The summed E-state index contributed by atoms with van der Waals surface area (Å²) in [5.41, 5.74) is 0. The summed E-state index contributed by atoms with van der Waals surface area (Å²) >= 11 is 0. The summed E-state index contributed by atoms with van der Waals surface area (Å²) < 4.78 is 9.93. The van der Waals surface area contributed by atoms with Crippen molar-refractivity contribution in [3.63, 3.8) is 0 Å². The first-order chi connectivity index (χ1) is 9.91. The second-order valence-corrected chi connectivity index (χ2v) is 5.63. The molecule has 0 rings (SSSR count). The Morgan fingerprint density at radius 3 is 1.50 bits per heavy atom. The standard InChI is InChI=1S/C18H36O2/c1-19-17-15-13-11-9-7-5-3-4-6-8-10-12-14-16-18-20-2/h15,17H,3-14,16,18H2,1-2H3/b17-15+. The molecule has 0 amide bonds. The van der Waals surface area contributed by atoms with Crippen molar-refractivity contribution in [2.75, 3.05) is 20.8 Å². The van der Waals surface area contributed by atoms with Gasteiger partial charge in [-0.1, -0.05) is 64.2 Å². The molecule has 0 spiro atoms. The maximum absolute atomic E-state index is 5.05. The van der Waals surface area contributed by atoms with E-state index in [9.17, 15) is 0 Å². The maximum Gasteiger partial charge on any atom is 0.0784 e. The molecule has 0 bridgehead atoms. The van der Waals surface area contributed by atoms with Gasteiger partial charge in [0.15, 0.2) is 0 Å². The van der Waals surface area contributed by atoms with Gasteiger partial charge in [-0.3, -0.25) is 0 Å². The summed E-state index contributed by atoms with van der Waals surface area (Å²) in [6.45, 7) is 0.932. The predicted octanol–water partition coefficient (Wildman–Crippen LogP) is 5.86. The van der Waals surface area contributed by atoms with Crippen molar-refractivity contribution in [2.24, 2.45) is 0 Å². The smallest absolute Gasteiger partial charge is 0.0784 e. The first kappa shape index (κ1) is 19.5. The van der Waals surface area contributed by atoms with Crippen LogP contribution in [0.1, 0.15) is 83.5 Å². The fourth-order valence-corrected chi connectivity index (χ4v) is 2.44. The molecule has 0 aliphatic rings. The van der Waals surface area contributed by atoms with Crippen molar-refractivity contribution >= 4 is 0 Å². The van der Waals surface area contributed by atoms with Gasteiger partial charge >= 0.3 is 0 Å². The van der Waals surface area contributed by atoms with E-state index in [0.717, 1.165) is 13.0 Å². The molecule has 0 aromatic carbocycles. The van der Waals surface area contributed by atoms with Gasteiger partial charge in [0.25, 0.3) is 0 Å². The maximum atomic E-state index is 5.05. The minimum Gasteiger partial charge on any atom is -0.505 e. The van der Waals surface area contributed by atoms with Crippen LogP contribution in [-0.4, -0.2) is 20.8 Å². The highest BCUT2D eigenvalue weighted by Gasteiger charge is 1.93. The Morgan fingerprint density at radius 1 is 0.600 bits per heavy atom. The van der Waals surface area contributed by atoms with Gasteiger partial charge in [0.2, 0.25) is 0 Å². The van der Waals surface area contributed by atoms with Gasteiger partial charge in [-0.05, 0) is 25.3 Å². The van der Waals surface area contributed by atoms with Crippen molar-refractivity contribution in [1.29, 1.82) is 0 Å². The van der Waals surface area contributed by atoms with Crippen LogP contribution in [0.15, 0.2) is 12.3 Å². The molecule has 0 aliphatic carbocycles. The average molecular weight is 284 g/mol. The summed E-state index contributed by atoms with van der Waals surface area (Å²) in [6.07, 6.45) is 21.7. The van der Waals surface area contributed by atoms with Gasteiger partial charge in [-0.25, -0.2) is 0 Å². The summed E-state index contributed by atoms with van der Waals surface area (Å²) in [5.74, 6) is 0. The zero-order valence-electron chi connectivity index (χ0n) is 13.9. The molecule has 0 saturated heterocycles. The van der Waals surface area contributed by atoms with Crippen LogP contribution in [0.2, 0.25) is 0 Å². The minimum absolute atomic E-state index is 0.932. The van der Waals surface area contributed by atoms with E-state index in [0.29, 0.717) is 0 Å². The molecular formula is C18H36O2. The van der Waals surface area contributed by atoms with Crippen LogP contribution in [-0.2, 0) is 9.47 Å². The van der Waals surface area contributed by atoms with Crippen molar-refractivity contribution < 1.29 is 9.47 Å². The lowest BCUT2D eigenvalue weighted by molar-refractivity contribution is 0.192. The molecule has 0 unspecified atom stereocenters. The molecule has 0 N–H and O–H groups in total. The van der Waals surface area contributed by atoms with Gasteiger partial charge in [0.1, 0.15) is 0 Å². The average Bonchev–Trinajstić information content (AvgIpc) is 2.47. The quantitative estimate of drug-likeness (QED) is 0.261. The second kappa shape index (κ2) is 18.5. The zero-order valence-corrected chi connectivity index (χ0v) is 13.9. The van der Waals surface area contributed by atoms with E-state index < -0.39 is 0 Å². The third-order valence-electron chi connectivity index (χ3n) is 3.70. The molecule has 0 radical (unpaired) electrons. The lowest BCUT2D eigenvalue weighted by atomic mass is 10.0. The van der Waals surface area contributed by atoms with Crippen molar-refractivity contribution in [3.8, 4) is 0 Å². The summed E-state index contributed by atoms with van der Waals surface area (Å²) in [7, 11) is 3.49. The first-order valence-corrected chi connectivity index (χ1v) is 8.58. The van der Waals surface area contributed by atoms with E-state index in [4.69, 9.17) is 9.47 Å². The normalized spacial score (nSPS) is 11.3. The topological polar surface area (TPSA) is 18.5 Å². The number of unbranched alkanes of at least 4 members (excludes halogenated alkanes) is 12. The van der Waals surface area contributed by atoms with Crippen LogP contribution in [0.3, 0.4) is 0 Å². The Kier molecular flexibility index (Phi) is 18.0. The summed E-state index contributed by atoms with van der Waals surface area (Å²) in [6, 6.07) is 0. The van der Waals surface area contributed by atoms with Crippen molar-refractivity contribution in [2.45, 2.75) is 83.5 Å². The number of ether oxygens (including phenoxy) is 2. The van der Waals surface area contributed by atoms with Crippen LogP contribution in [0.25, 0.3) is 0 Å². The lowest BCUT2D eigenvalue weighted by Crippen LogP contribution is -1.88. The van der Waals surface area contributed by atoms with E-state index in [-0.39, 0.29) is 0 Å². The Bertz CT molecular complexity index is 190. The highest BCUT2D eigenvalue weighted by molar-refractivity contribution is 4.72.